The second kappa shape index (κ2) is 8.60. The summed E-state index contributed by atoms with van der Waals surface area (Å²) in [5.74, 6) is 0.760. The Morgan fingerprint density at radius 3 is 1.82 bits per heavy atom. The summed E-state index contributed by atoms with van der Waals surface area (Å²) in [4.78, 5) is 22.9. The van der Waals surface area contributed by atoms with Crippen LogP contribution in [0.1, 0.15) is 20.7 Å². The van der Waals surface area contributed by atoms with Crippen LogP contribution in [0, 0.1) is 5.41 Å². The third kappa shape index (κ3) is 4.59. The number of nitrogens with one attached hydrogen (secondary N) is 1. The first kappa shape index (κ1) is 18.8. The predicted molar refractivity (Wildman–Crippen MR) is 107 cm³/mol. The van der Waals surface area contributed by atoms with Crippen LogP contribution in [0.3, 0.4) is 0 Å². The zero-order valence-electron chi connectivity index (χ0n) is 14.9. The van der Waals surface area contributed by atoms with Crippen molar-refractivity contribution in [2.24, 2.45) is 0 Å². The van der Waals surface area contributed by atoms with Gasteiger partial charge in [-0.05, 0) is 59.7 Å². The number of hydrogen-bond acceptors (Lipinski definition) is 5. The SMILES string of the molecule is C=C(C=N)Oc1ccc(-c2ccc(C(=O)Oc3ccc(C=O)cc3)cc2)cc1. The van der Waals surface area contributed by atoms with E-state index in [9.17, 15) is 9.59 Å². The monoisotopic (exact) mass is 371 g/mol. The summed E-state index contributed by atoms with van der Waals surface area (Å²) in [5.41, 5.74) is 2.83. The van der Waals surface area contributed by atoms with E-state index in [1.165, 1.54) is 0 Å². The molecule has 0 aliphatic rings. The summed E-state index contributed by atoms with van der Waals surface area (Å²) in [7, 11) is 0. The summed E-state index contributed by atoms with van der Waals surface area (Å²) in [6.07, 6.45) is 1.77. The van der Waals surface area contributed by atoms with Gasteiger partial charge in [0.2, 0.25) is 0 Å². The van der Waals surface area contributed by atoms with Crippen LogP contribution in [0.4, 0.5) is 0 Å². The van der Waals surface area contributed by atoms with Crippen LogP contribution in [-0.2, 0) is 0 Å². The summed E-state index contributed by atoms with van der Waals surface area (Å²) < 4.78 is 10.7. The van der Waals surface area contributed by atoms with E-state index < -0.39 is 5.97 Å². The number of rotatable bonds is 7. The molecule has 0 spiro atoms. The van der Waals surface area contributed by atoms with Crippen LogP contribution in [0.15, 0.2) is 85.1 Å². The summed E-state index contributed by atoms with van der Waals surface area (Å²) >= 11 is 0. The van der Waals surface area contributed by atoms with Crippen LogP contribution >= 0.6 is 0 Å². The van der Waals surface area contributed by atoms with E-state index in [-0.39, 0.29) is 5.76 Å². The lowest BCUT2D eigenvalue weighted by molar-refractivity contribution is 0.0734. The van der Waals surface area contributed by atoms with Crippen molar-refractivity contribution in [1.29, 1.82) is 5.41 Å². The predicted octanol–water partition coefficient (Wildman–Crippen LogP) is 4.93. The zero-order valence-corrected chi connectivity index (χ0v) is 14.9. The lowest BCUT2D eigenvalue weighted by Gasteiger charge is -2.08. The van der Waals surface area contributed by atoms with Gasteiger partial charge in [0.15, 0.2) is 0 Å². The Bertz CT molecular complexity index is 1000. The van der Waals surface area contributed by atoms with E-state index >= 15 is 0 Å². The molecule has 0 fully saturated rings. The molecule has 1 N–H and O–H groups in total. The quantitative estimate of drug-likeness (QED) is 0.210. The minimum Gasteiger partial charge on any atom is -0.456 e. The summed E-state index contributed by atoms with van der Waals surface area (Å²) in [6.45, 7) is 3.59. The molecule has 0 saturated heterocycles. The third-order valence-corrected chi connectivity index (χ3v) is 3.94. The molecule has 0 aliphatic carbocycles. The molecule has 0 radical (unpaired) electrons. The molecule has 0 unspecified atom stereocenters. The number of esters is 1. The van der Waals surface area contributed by atoms with E-state index in [0.29, 0.717) is 22.6 Å². The average Bonchev–Trinajstić information content (AvgIpc) is 2.75. The van der Waals surface area contributed by atoms with Gasteiger partial charge in [-0.3, -0.25) is 4.79 Å². The van der Waals surface area contributed by atoms with Crippen molar-refractivity contribution in [2.45, 2.75) is 0 Å². The molecule has 0 aliphatic heterocycles. The Morgan fingerprint density at radius 1 is 0.786 bits per heavy atom. The smallest absolute Gasteiger partial charge is 0.343 e. The molecular weight excluding hydrogens is 354 g/mol. The van der Waals surface area contributed by atoms with Gasteiger partial charge < -0.3 is 14.9 Å². The molecule has 0 heterocycles. The lowest BCUT2D eigenvalue weighted by Crippen LogP contribution is -2.08. The molecule has 5 heteroatoms. The fraction of sp³-hybridized carbons (Fsp3) is 0. The van der Waals surface area contributed by atoms with E-state index in [1.54, 1.807) is 48.5 Å². The van der Waals surface area contributed by atoms with Gasteiger partial charge in [0.05, 0.1) is 11.8 Å². The highest BCUT2D eigenvalue weighted by molar-refractivity contribution is 5.91. The highest BCUT2D eigenvalue weighted by atomic mass is 16.5. The van der Waals surface area contributed by atoms with E-state index in [0.717, 1.165) is 23.6 Å². The minimum absolute atomic E-state index is 0.261. The standard InChI is InChI=1S/C23H17NO4/c1-16(14-24)27-21-12-8-19(9-13-21)18-4-6-20(7-5-18)23(26)28-22-10-2-17(15-25)3-11-22/h2-15,24H,1H2. The number of carbonyl (C=O) groups excluding carboxylic acids is 2. The Labute approximate surface area is 162 Å². The number of carbonyl (C=O) groups is 2. The summed E-state index contributed by atoms with van der Waals surface area (Å²) in [5, 5.41) is 7.08. The van der Waals surface area contributed by atoms with Gasteiger partial charge in [0.1, 0.15) is 23.5 Å². The second-order valence-corrected chi connectivity index (χ2v) is 5.89. The maximum atomic E-state index is 12.3. The van der Waals surface area contributed by atoms with Gasteiger partial charge in [-0.2, -0.15) is 0 Å². The van der Waals surface area contributed by atoms with Crippen molar-refractivity contribution in [3.63, 3.8) is 0 Å². The van der Waals surface area contributed by atoms with Crippen LogP contribution in [0.25, 0.3) is 11.1 Å². The number of allylic oxidation sites excluding steroid dienone is 1. The lowest BCUT2D eigenvalue weighted by atomic mass is 10.0. The Hall–Kier alpha value is -3.99. The van der Waals surface area contributed by atoms with Gasteiger partial charge in [0.25, 0.3) is 0 Å². The maximum absolute atomic E-state index is 12.3. The van der Waals surface area contributed by atoms with Gasteiger partial charge in [-0.15, -0.1) is 0 Å². The molecule has 0 atom stereocenters. The topological polar surface area (TPSA) is 76.4 Å². The van der Waals surface area contributed by atoms with Crippen molar-refractivity contribution < 1.29 is 19.1 Å². The van der Waals surface area contributed by atoms with Crippen molar-refractivity contribution in [3.05, 3.63) is 96.3 Å². The van der Waals surface area contributed by atoms with Gasteiger partial charge in [-0.25, -0.2) is 4.79 Å². The van der Waals surface area contributed by atoms with Gasteiger partial charge >= 0.3 is 5.97 Å². The van der Waals surface area contributed by atoms with Crippen molar-refractivity contribution in [3.8, 4) is 22.6 Å². The molecule has 0 aromatic heterocycles. The Kier molecular flexibility index (Phi) is 5.77. The second-order valence-electron chi connectivity index (χ2n) is 5.89. The fourth-order valence-corrected chi connectivity index (χ4v) is 2.48. The van der Waals surface area contributed by atoms with E-state index in [2.05, 4.69) is 6.58 Å². The molecule has 0 saturated carbocycles. The molecule has 0 amide bonds. The minimum atomic E-state index is -0.473. The fourth-order valence-electron chi connectivity index (χ4n) is 2.48. The van der Waals surface area contributed by atoms with Crippen LogP contribution in [-0.4, -0.2) is 18.5 Å². The van der Waals surface area contributed by atoms with Crippen LogP contribution < -0.4 is 9.47 Å². The molecule has 0 bridgehead atoms. The zero-order chi connectivity index (χ0) is 19.9. The first-order valence-electron chi connectivity index (χ1n) is 8.44. The van der Waals surface area contributed by atoms with E-state index in [4.69, 9.17) is 14.9 Å². The maximum Gasteiger partial charge on any atom is 0.343 e. The van der Waals surface area contributed by atoms with Crippen molar-refractivity contribution in [1.82, 2.24) is 0 Å². The molecule has 3 rings (SSSR count). The first-order chi connectivity index (χ1) is 13.6. The largest absolute Gasteiger partial charge is 0.456 e. The normalized spacial score (nSPS) is 10.0. The highest BCUT2D eigenvalue weighted by Gasteiger charge is 2.09. The Balaban J connectivity index is 1.68. The molecule has 3 aromatic carbocycles. The Morgan fingerprint density at radius 2 is 1.29 bits per heavy atom. The van der Waals surface area contributed by atoms with Gasteiger partial charge in [0, 0.05) is 5.56 Å². The van der Waals surface area contributed by atoms with Gasteiger partial charge in [-0.1, -0.05) is 30.8 Å². The highest BCUT2D eigenvalue weighted by Crippen LogP contribution is 2.24. The molecule has 28 heavy (non-hydrogen) atoms. The molecular formula is C23H17NO4. The number of hydrogen-bond donors (Lipinski definition) is 1. The van der Waals surface area contributed by atoms with Crippen LogP contribution in [0.5, 0.6) is 11.5 Å². The number of ether oxygens (including phenoxy) is 2. The summed E-state index contributed by atoms with van der Waals surface area (Å²) in [6, 6.07) is 20.7. The van der Waals surface area contributed by atoms with Crippen molar-refractivity contribution >= 4 is 18.5 Å². The first-order valence-corrected chi connectivity index (χ1v) is 8.44. The van der Waals surface area contributed by atoms with E-state index in [1.807, 2.05) is 24.3 Å². The molecule has 138 valence electrons. The third-order valence-electron chi connectivity index (χ3n) is 3.94. The average molecular weight is 371 g/mol. The molecule has 3 aromatic rings. The van der Waals surface area contributed by atoms with Crippen LogP contribution in [0.2, 0.25) is 0 Å². The number of aldehydes is 1. The van der Waals surface area contributed by atoms with Crippen molar-refractivity contribution in [2.75, 3.05) is 0 Å². The number of benzene rings is 3. The molecule has 5 nitrogen and oxygen atoms in total.